The van der Waals surface area contributed by atoms with Gasteiger partial charge in [-0.2, -0.15) is 0 Å². The number of hydroxylamine groups is 1. The van der Waals surface area contributed by atoms with Crippen molar-refractivity contribution in [3.05, 3.63) is 92.3 Å². The van der Waals surface area contributed by atoms with Crippen LogP contribution >= 0.6 is 11.3 Å². The quantitative estimate of drug-likeness (QED) is 0.215. The molecule has 16 heteroatoms. The van der Waals surface area contributed by atoms with E-state index in [0.29, 0.717) is 16.0 Å². The Bertz CT molecular complexity index is 1990. The van der Waals surface area contributed by atoms with Crippen LogP contribution in [0.3, 0.4) is 0 Å². The van der Waals surface area contributed by atoms with Crippen LogP contribution in [0.5, 0.6) is 5.88 Å². The summed E-state index contributed by atoms with van der Waals surface area (Å²) >= 11 is 1.12. The first-order valence-electron chi connectivity index (χ1n) is 13.9. The highest BCUT2D eigenvalue weighted by Crippen LogP contribution is 2.38. The van der Waals surface area contributed by atoms with Gasteiger partial charge >= 0.3 is 11.7 Å². The van der Waals surface area contributed by atoms with Gasteiger partial charge in [0.15, 0.2) is 5.82 Å². The van der Waals surface area contributed by atoms with Crippen molar-refractivity contribution in [1.82, 2.24) is 34.7 Å². The lowest BCUT2D eigenvalue weighted by Gasteiger charge is -2.21. The molecule has 0 fully saturated rings. The van der Waals surface area contributed by atoms with Crippen LogP contribution in [0, 0.1) is 11.6 Å². The Morgan fingerprint density at radius 3 is 2.37 bits per heavy atom. The smallest absolute Gasteiger partial charge is 0.344 e. The molecule has 2 N–H and O–H groups in total. The second-order valence-corrected chi connectivity index (χ2v) is 11.4. The molecule has 13 nitrogen and oxygen atoms in total. The Hall–Kier alpha value is -5.06. The Kier molecular flexibility index (Phi) is 9.50. The number of urea groups is 1. The second kappa shape index (κ2) is 13.5. The number of nitrogens with one attached hydrogen (secondary N) is 2. The number of benzene rings is 1. The number of hydrogen-bond acceptors (Lipinski definition) is 10. The van der Waals surface area contributed by atoms with Crippen molar-refractivity contribution in [3.8, 4) is 22.1 Å². The number of anilines is 1. The van der Waals surface area contributed by atoms with E-state index >= 15 is 0 Å². The summed E-state index contributed by atoms with van der Waals surface area (Å²) in [7, 11) is 4.58. The highest BCUT2D eigenvalue weighted by molar-refractivity contribution is 7.22. The van der Waals surface area contributed by atoms with Crippen LogP contribution in [-0.2, 0) is 17.9 Å². The molecule has 0 aliphatic heterocycles. The summed E-state index contributed by atoms with van der Waals surface area (Å²) in [5.41, 5.74) is 1.40. The minimum atomic E-state index is -0.863. The number of aromatic nitrogens is 5. The van der Waals surface area contributed by atoms with E-state index in [2.05, 4.69) is 30.8 Å². The number of carbonyl (C=O) groups excluding carboxylic acids is 1. The number of hydrogen-bond donors (Lipinski definition) is 2. The Morgan fingerprint density at radius 2 is 1.78 bits per heavy atom. The molecule has 1 aromatic carbocycles. The second-order valence-electron chi connectivity index (χ2n) is 10.4. The fraction of sp³-hybridized carbons (Fsp3) is 0.267. The normalized spacial score (nSPS) is 11.4. The molecule has 2 amide bonds. The van der Waals surface area contributed by atoms with Crippen LogP contribution in [0.1, 0.15) is 25.0 Å². The molecule has 0 spiro atoms. The Morgan fingerprint density at radius 1 is 1.04 bits per heavy atom. The molecule has 4 heterocycles. The third-order valence-electron chi connectivity index (χ3n) is 7.27. The summed E-state index contributed by atoms with van der Waals surface area (Å²) in [5.74, 6) is -1.39. The number of ether oxygens (including phenoxy) is 1. The van der Waals surface area contributed by atoms with Gasteiger partial charge in [-0.15, -0.1) is 21.5 Å². The number of thiophene rings is 1. The zero-order chi connectivity index (χ0) is 33.1. The molecule has 0 saturated carbocycles. The predicted molar refractivity (Wildman–Crippen MR) is 168 cm³/mol. The molecule has 0 atom stereocenters. The van der Waals surface area contributed by atoms with Crippen LogP contribution < -0.4 is 26.8 Å². The number of fused-ring (bicyclic) bond motifs is 1. The molecule has 0 unspecified atom stereocenters. The SMILES string of the molecule is CONC(=O)Nc1ccc(-c2sc3c(c2CN(C)C(C)C)c(=O)n(-c2ccc(OC)nn2)c(=O)n3Cc2c(F)cccc2F)cn1. The fourth-order valence-corrected chi connectivity index (χ4v) is 5.93. The molecule has 240 valence electrons. The van der Waals surface area contributed by atoms with Gasteiger partial charge in [0, 0.05) is 40.9 Å². The summed E-state index contributed by atoms with van der Waals surface area (Å²) in [6, 6.07) is 8.98. The summed E-state index contributed by atoms with van der Waals surface area (Å²) in [4.78, 5) is 52.0. The predicted octanol–water partition coefficient (Wildman–Crippen LogP) is 3.92. The van der Waals surface area contributed by atoms with E-state index in [4.69, 9.17) is 4.74 Å². The summed E-state index contributed by atoms with van der Waals surface area (Å²) in [5, 5.41) is 10.6. The minimum absolute atomic E-state index is 0.0693. The molecule has 0 aliphatic carbocycles. The number of amides is 2. The van der Waals surface area contributed by atoms with Gasteiger partial charge in [0.25, 0.3) is 5.56 Å². The van der Waals surface area contributed by atoms with Crippen LogP contribution in [-0.4, -0.2) is 62.6 Å². The highest BCUT2D eigenvalue weighted by atomic mass is 32.1. The van der Waals surface area contributed by atoms with Gasteiger partial charge in [-0.05, 0) is 56.8 Å². The maximum Gasteiger partial charge on any atom is 0.344 e. The van der Waals surface area contributed by atoms with E-state index < -0.39 is 35.5 Å². The first-order valence-corrected chi connectivity index (χ1v) is 14.7. The van der Waals surface area contributed by atoms with E-state index in [0.717, 1.165) is 32.6 Å². The van der Waals surface area contributed by atoms with Crippen molar-refractivity contribution in [1.29, 1.82) is 0 Å². The van der Waals surface area contributed by atoms with Gasteiger partial charge in [-0.3, -0.25) is 24.4 Å². The fourth-order valence-electron chi connectivity index (χ4n) is 4.65. The largest absolute Gasteiger partial charge is 0.480 e. The maximum atomic E-state index is 14.9. The first-order chi connectivity index (χ1) is 22.0. The third-order valence-corrected chi connectivity index (χ3v) is 8.57. The van der Waals surface area contributed by atoms with Gasteiger partial charge in [-0.25, -0.2) is 33.4 Å². The molecule has 0 aliphatic rings. The molecule has 5 aromatic rings. The van der Waals surface area contributed by atoms with Crippen molar-refractivity contribution in [3.63, 3.8) is 0 Å². The number of halogens is 2. The average Bonchev–Trinajstić information content (AvgIpc) is 3.40. The maximum absolute atomic E-state index is 14.9. The van der Waals surface area contributed by atoms with E-state index in [-0.39, 0.29) is 45.9 Å². The van der Waals surface area contributed by atoms with E-state index in [1.165, 1.54) is 38.6 Å². The first kappa shape index (κ1) is 32.3. The zero-order valence-corrected chi connectivity index (χ0v) is 26.3. The average molecular weight is 653 g/mol. The van der Waals surface area contributed by atoms with Crippen molar-refractivity contribution >= 4 is 33.4 Å². The molecular weight excluding hydrogens is 622 g/mol. The van der Waals surface area contributed by atoms with Gasteiger partial charge in [-0.1, -0.05) is 6.07 Å². The number of methoxy groups -OCH3 is 1. The van der Waals surface area contributed by atoms with Crippen LogP contribution in [0.25, 0.3) is 26.5 Å². The lowest BCUT2D eigenvalue weighted by molar-refractivity contribution is 0.114. The van der Waals surface area contributed by atoms with Crippen LogP contribution in [0.4, 0.5) is 19.4 Å². The molecule has 46 heavy (non-hydrogen) atoms. The highest BCUT2D eigenvalue weighted by Gasteiger charge is 2.26. The number of carbonyl (C=O) groups is 1. The zero-order valence-electron chi connectivity index (χ0n) is 25.5. The van der Waals surface area contributed by atoms with E-state index in [9.17, 15) is 23.2 Å². The Balaban J connectivity index is 1.81. The number of nitrogens with zero attached hydrogens (tertiary/aromatic N) is 6. The minimum Gasteiger partial charge on any atom is -0.480 e. The van der Waals surface area contributed by atoms with Crippen LogP contribution in [0.2, 0.25) is 0 Å². The molecule has 0 radical (unpaired) electrons. The standard InChI is InChI=1S/C30H30F2N8O5S/c1-16(2)38(3)14-19-25-27(41)40(23-11-12-24(44-4)36-35-23)30(43)39(15-18-20(31)7-6-8-21(18)32)28(25)46-26(19)17-9-10-22(33-13-17)34-29(42)37-45-5/h6-13,16H,14-15H2,1-5H3,(H2,33,34,37,42). The third kappa shape index (κ3) is 6.35. The lowest BCUT2D eigenvalue weighted by Crippen LogP contribution is -2.40. The molecular formula is C30H30F2N8O5S. The van der Waals surface area contributed by atoms with Gasteiger partial charge in [0.1, 0.15) is 22.3 Å². The van der Waals surface area contributed by atoms with Gasteiger partial charge in [0.05, 0.1) is 26.2 Å². The summed E-state index contributed by atoms with van der Waals surface area (Å²) < 4.78 is 36.9. The van der Waals surface area contributed by atoms with Crippen LogP contribution in [0.15, 0.2) is 58.3 Å². The van der Waals surface area contributed by atoms with E-state index in [1.54, 1.807) is 12.1 Å². The molecule has 0 bridgehead atoms. The lowest BCUT2D eigenvalue weighted by atomic mass is 10.1. The Labute approximate surface area is 265 Å². The topological polar surface area (TPSA) is 146 Å². The molecule has 4 aromatic heterocycles. The van der Waals surface area contributed by atoms with Gasteiger partial charge < -0.3 is 4.74 Å². The van der Waals surface area contributed by atoms with Crippen molar-refractivity contribution < 1.29 is 23.1 Å². The van der Waals surface area contributed by atoms with Crippen molar-refractivity contribution in [2.24, 2.45) is 0 Å². The van der Waals surface area contributed by atoms with Gasteiger partial charge in [0.2, 0.25) is 5.88 Å². The van der Waals surface area contributed by atoms with Crippen molar-refractivity contribution in [2.45, 2.75) is 33.0 Å². The number of rotatable bonds is 10. The summed E-state index contributed by atoms with van der Waals surface area (Å²) in [6.07, 6.45) is 1.51. The molecule has 5 rings (SSSR count). The summed E-state index contributed by atoms with van der Waals surface area (Å²) in [6.45, 7) is 3.75. The van der Waals surface area contributed by atoms with E-state index in [1.807, 2.05) is 25.8 Å². The monoisotopic (exact) mass is 652 g/mol. The molecule has 0 saturated heterocycles. The number of pyridine rings is 1. The van der Waals surface area contributed by atoms with Crippen molar-refractivity contribution in [2.75, 3.05) is 26.6 Å².